The maximum absolute atomic E-state index is 8.53. The number of alkyl halides is 1. The van der Waals surface area contributed by atoms with Crippen LogP contribution >= 0.6 is 11.6 Å². The Morgan fingerprint density at radius 3 is 2.44 bits per heavy atom. The smallest absolute Gasteiger partial charge is 0.0683 e. The molecule has 0 amide bonds. The lowest BCUT2D eigenvalue weighted by Crippen LogP contribution is -2.07. The molecule has 0 fully saturated rings. The zero-order valence-electron chi connectivity index (χ0n) is 5.95. The zero-order valence-corrected chi connectivity index (χ0v) is 6.70. The molecule has 0 aliphatic carbocycles. The summed E-state index contributed by atoms with van der Waals surface area (Å²) in [6.45, 7) is 3.86. The Labute approximate surface area is 61.6 Å². The summed E-state index contributed by atoms with van der Waals surface area (Å²) in [5.74, 6) is 0.658. The Kier molecular flexibility index (Phi) is 3.65. The van der Waals surface area contributed by atoms with Crippen molar-refractivity contribution in [3.63, 3.8) is 0 Å². The van der Waals surface area contributed by atoms with Gasteiger partial charge in [-0.2, -0.15) is 5.26 Å². The summed E-state index contributed by atoms with van der Waals surface area (Å²) in [5, 5.41) is 8.53. The van der Waals surface area contributed by atoms with Crippen molar-refractivity contribution in [3.05, 3.63) is 0 Å². The monoisotopic (exact) mass is 145 g/mol. The molecule has 2 heteroatoms. The first-order valence-corrected chi connectivity index (χ1v) is 3.63. The van der Waals surface area contributed by atoms with Gasteiger partial charge in [0.1, 0.15) is 0 Å². The lowest BCUT2D eigenvalue weighted by Gasteiger charge is -2.12. The minimum Gasteiger partial charge on any atom is -0.198 e. The molecule has 52 valence electrons. The van der Waals surface area contributed by atoms with E-state index in [0.29, 0.717) is 5.88 Å². The highest BCUT2D eigenvalue weighted by atomic mass is 35.5. The van der Waals surface area contributed by atoms with E-state index in [2.05, 4.69) is 6.07 Å². The van der Waals surface area contributed by atoms with Crippen molar-refractivity contribution in [2.24, 2.45) is 5.41 Å². The fourth-order valence-electron chi connectivity index (χ4n) is 0.565. The second-order valence-corrected chi connectivity index (χ2v) is 3.17. The van der Waals surface area contributed by atoms with Crippen LogP contribution in [0.15, 0.2) is 0 Å². The molecule has 0 aromatic rings. The fourth-order valence-corrected chi connectivity index (χ4v) is 0.698. The van der Waals surface area contributed by atoms with Crippen LogP contribution in [0.5, 0.6) is 0 Å². The van der Waals surface area contributed by atoms with Crippen LogP contribution in [0.3, 0.4) is 0 Å². The average Bonchev–Trinajstić information content (AvgIpc) is 1.84. The number of hydrogen-bond acceptors (Lipinski definition) is 1. The van der Waals surface area contributed by atoms with E-state index in [0.717, 1.165) is 12.8 Å². The number of rotatable bonds is 3. The molecule has 0 rings (SSSR count). The summed E-state index contributed by atoms with van der Waals surface area (Å²) in [5.41, 5.74) is -0.186. The predicted octanol–water partition coefficient (Wildman–Crippen LogP) is 2.56. The van der Waals surface area contributed by atoms with E-state index in [1.54, 1.807) is 0 Å². The normalized spacial score (nSPS) is 10.9. The molecule has 9 heavy (non-hydrogen) atoms. The maximum Gasteiger partial charge on any atom is 0.0683 e. The molecule has 0 aliphatic rings. The van der Waals surface area contributed by atoms with Gasteiger partial charge in [-0.15, -0.1) is 11.6 Å². The van der Waals surface area contributed by atoms with Gasteiger partial charge in [0.05, 0.1) is 11.5 Å². The molecule has 0 aliphatic heterocycles. The van der Waals surface area contributed by atoms with Crippen LogP contribution in [0.25, 0.3) is 0 Å². The van der Waals surface area contributed by atoms with Crippen molar-refractivity contribution < 1.29 is 0 Å². The Hall–Kier alpha value is -0.220. The Balaban J connectivity index is 3.49. The van der Waals surface area contributed by atoms with Crippen LogP contribution in [0.4, 0.5) is 0 Å². The van der Waals surface area contributed by atoms with Gasteiger partial charge >= 0.3 is 0 Å². The molecule has 1 nitrogen and oxygen atoms in total. The standard InChI is InChI=1S/C7H12ClN/c1-7(2,6-9)4-3-5-8/h3-5H2,1-2H3. The third-order valence-corrected chi connectivity index (χ3v) is 1.51. The highest BCUT2D eigenvalue weighted by Gasteiger charge is 2.14. The number of hydrogen-bond donors (Lipinski definition) is 0. The van der Waals surface area contributed by atoms with E-state index >= 15 is 0 Å². The van der Waals surface area contributed by atoms with Gasteiger partial charge in [-0.1, -0.05) is 0 Å². The summed E-state index contributed by atoms with van der Waals surface area (Å²) in [7, 11) is 0. The van der Waals surface area contributed by atoms with Crippen LogP contribution < -0.4 is 0 Å². The molecule has 0 radical (unpaired) electrons. The molecule has 0 aromatic heterocycles. The molecule has 0 saturated heterocycles. The topological polar surface area (TPSA) is 23.8 Å². The molecular weight excluding hydrogens is 134 g/mol. The van der Waals surface area contributed by atoms with E-state index in [1.807, 2.05) is 13.8 Å². The molecule has 0 unspecified atom stereocenters. The molecule has 0 N–H and O–H groups in total. The zero-order chi connectivity index (χ0) is 7.33. The van der Waals surface area contributed by atoms with E-state index in [9.17, 15) is 0 Å². The summed E-state index contributed by atoms with van der Waals surface area (Å²) >= 11 is 5.46. The second kappa shape index (κ2) is 3.74. The van der Waals surface area contributed by atoms with Gasteiger partial charge in [0.15, 0.2) is 0 Å². The Morgan fingerprint density at radius 2 is 2.11 bits per heavy atom. The van der Waals surface area contributed by atoms with Crippen LogP contribution in [-0.4, -0.2) is 5.88 Å². The van der Waals surface area contributed by atoms with Crippen molar-refractivity contribution in [2.75, 3.05) is 5.88 Å². The minimum atomic E-state index is -0.186. The first-order valence-electron chi connectivity index (χ1n) is 3.09. The third-order valence-electron chi connectivity index (χ3n) is 1.24. The average molecular weight is 146 g/mol. The first kappa shape index (κ1) is 8.78. The Morgan fingerprint density at radius 1 is 1.56 bits per heavy atom. The summed E-state index contributed by atoms with van der Waals surface area (Å²) in [6, 6.07) is 2.22. The molecule has 0 bridgehead atoms. The SMILES string of the molecule is CC(C)(C#N)CCCCl. The van der Waals surface area contributed by atoms with Gasteiger partial charge in [-0.3, -0.25) is 0 Å². The molecule has 0 atom stereocenters. The van der Waals surface area contributed by atoms with E-state index in [4.69, 9.17) is 16.9 Å². The van der Waals surface area contributed by atoms with Gasteiger partial charge < -0.3 is 0 Å². The maximum atomic E-state index is 8.53. The van der Waals surface area contributed by atoms with E-state index < -0.39 is 0 Å². The quantitative estimate of drug-likeness (QED) is 0.560. The van der Waals surface area contributed by atoms with E-state index in [1.165, 1.54) is 0 Å². The van der Waals surface area contributed by atoms with Gasteiger partial charge in [0, 0.05) is 5.88 Å². The van der Waals surface area contributed by atoms with Gasteiger partial charge in [0.2, 0.25) is 0 Å². The van der Waals surface area contributed by atoms with Crippen LogP contribution in [0, 0.1) is 16.7 Å². The van der Waals surface area contributed by atoms with Gasteiger partial charge in [-0.25, -0.2) is 0 Å². The molecule has 0 saturated carbocycles. The molecule has 0 spiro atoms. The predicted molar refractivity (Wildman–Crippen MR) is 39.3 cm³/mol. The van der Waals surface area contributed by atoms with Crippen LogP contribution in [0.2, 0.25) is 0 Å². The second-order valence-electron chi connectivity index (χ2n) is 2.79. The van der Waals surface area contributed by atoms with Crippen molar-refractivity contribution in [1.82, 2.24) is 0 Å². The number of nitrogens with zero attached hydrogens (tertiary/aromatic N) is 1. The largest absolute Gasteiger partial charge is 0.198 e. The van der Waals surface area contributed by atoms with Crippen molar-refractivity contribution in [2.45, 2.75) is 26.7 Å². The lowest BCUT2D eigenvalue weighted by atomic mass is 9.90. The summed E-state index contributed by atoms with van der Waals surface area (Å²) < 4.78 is 0. The summed E-state index contributed by atoms with van der Waals surface area (Å²) in [4.78, 5) is 0. The van der Waals surface area contributed by atoms with Gasteiger partial charge in [0.25, 0.3) is 0 Å². The van der Waals surface area contributed by atoms with Crippen molar-refractivity contribution >= 4 is 11.6 Å². The van der Waals surface area contributed by atoms with Crippen molar-refractivity contribution in [1.29, 1.82) is 5.26 Å². The van der Waals surface area contributed by atoms with Gasteiger partial charge in [-0.05, 0) is 26.7 Å². The fraction of sp³-hybridized carbons (Fsp3) is 0.857. The van der Waals surface area contributed by atoms with Crippen LogP contribution in [0.1, 0.15) is 26.7 Å². The number of halogens is 1. The van der Waals surface area contributed by atoms with Crippen molar-refractivity contribution in [3.8, 4) is 6.07 Å². The summed E-state index contributed by atoms with van der Waals surface area (Å²) in [6.07, 6.45) is 1.83. The molecule has 0 heterocycles. The minimum absolute atomic E-state index is 0.186. The molecule has 0 aromatic carbocycles. The first-order chi connectivity index (χ1) is 4.12. The highest BCUT2D eigenvalue weighted by molar-refractivity contribution is 6.17. The third kappa shape index (κ3) is 4.29. The molecular formula is C7H12ClN. The Bertz CT molecular complexity index is 113. The number of nitriles is 1. The highest BCUT2D eigenvalue weighted by Crippen LogP contribution is 2.20. The van der Waals surface area contributed by atoms with Crippen LogP contribution in [-0.2, 0) is 0 Å². The lowest BCUT2D eigenvalue weighted by molar-refractivity contribution is 0.447. The van der Waals surface area contributed by atoms with E-state index in [-0.39, 0.29) is 5.41 Å².